The molecule has 0 amide bonds. The second kappa shape index (κ2) is 5.40. The Labute approximate surface area is 151 Å². The summed E-state index contributed by atoms with van der Waals surface area (Å²) in [5.41, 5.74) is 5.35. The molecular weight excluding hydrogens is 320 g/mol. The maximum Gasteiger partial charge on any atom is 0.334 e. The number of hydrogen-bond acceptors (Lipinski definition) is 2. The Hall–Kier alpha value is -3.20. The minimum atomic E-state index is 0.911. The van der Waals surface area contributed by atoms with E-state index < -0.39 is 0 Å². The molecule has 0 aliphatic heterocycles. The number of hydrogen-bond donors (Lipinski definition) is 0. The van der Waals surface area contributed by atoms with E-state index in [1.807, 2.05) is 30.1 Å². The molecule has 0 aliphatic rings. The maximum atomic E-state index is 6.38. The molecular formula is C23H19N2O+. The fraction of sp³-hybridized carbons (Fsp3) is 0.130. The second-order valence-corrected chi connectivity index (χ2v) is 6.89. The van der Waals surface area contributed by atoms with Crippen molar-refractivity contribution in [1.82, 2.24) is 4.98 Å². The Morgan fingerprint density at radius 3 is 2.65 bits per heavy atom. The molecule has 0 aliphatic carbocycles. The fourth-order valence-electron chi connectivity index (χ4n) is 3.86. The molecule has 0 fully saturated rings. The minimum absolute atomic E-state index is 0.911. The van der Waals surface area contributed by atoms with Crippen molar-refractivity contribution in [2.45, 2.75) is 13.8 Å². The molecule has 5 rings (SSSR count). The van der Waals surface area contributed by atoms with Crippen LogP contribution < -0.4 is 4.57 Å². The van der Waals surface area contributed by atoms with Crippen LogP contribution in [0.3, 0.4) is 0 Å². The Kier molecular flexibility index (Phi) is 3.13. The van der Waals surface area contributed by atoms with Crippen LogP contribution in [0, 0.1) is 13.8 Å². The van der Waals surface area contributed by atoms with Gasteiger partial charge in [0.1, 0.15) is 17.3 Å². The van der Waals surface area contributed by atoms with Crippen LogP contribution in [0.1, 0.15) is 11.1 Å². The van der Waals surface area contributed by atoms with Crippen molar-refractivity contribution in [2.75, 3.05) is 0 Å². The van der Waals surface area contributed by atoms with Crippen molar-refractivity contribution >= 4 is 32.7 Å². The second-order valence-electron chi connectivity index (χ2n) is 6.89. The number of aromatic nitrogens is 2. The van der Waals surface area contributed by atoms with Crippen LogP contribution in [0.4, 0.5) is 0 Å². The van der Waals surface area contributed by atoms with Crippen molar-refractivity contribution in [3.05, 3.63) is 72.1 Å². The highest BCUT2D eigenvalue weighted by atomic mass is 16.3. The molecule has 2 heterocycles. The molecule has 5 aromatic rings. The molecule has 3 nitrogen and oxygen atoms in total. The van der Waals surface area contributed by atoms with Gasteiger partial charge < -0.3 is 4.42 Å². The summed E-state index contributed by atoms with van der Waals surface area (Å²) in [6.07, 6.45) is 3.86. The summed E-state index contributed by atoms with van der Waals surface area (Å²) < 4.78 is 8.43. The average molecular weight is 339 g/mol. The fourth-order valence-corrected chi connectivity index (χ4v) is 3.86. The smallest absolute Gasteiger partial charge is 0.334 e. The first-order valence-corrected chi connectivity index (χ1v) is 8.80. The molecule has 0 radical (unpaired) electrons. The molecule has 3 aromatic carbocycles. The first-order valence-electron chi connectivity index (χ1n) is 8.80. The largest absolute Gasteiger partial charge is 0.455 e. The summed E-state index contributed by atoms with van der Waals surface area (Å²) in [6, 6.07) is 16.9. The Morgan fingerprint density at radius 1 is 0.962 bits per heavy atom. The van der Waals surface area contributed by atoms with Crippen LogP contribution in [0.15, 0.2) is 65.3 Å². The third-order valence-electron chi connectivity index (χ3n) is 5.32. The predicted octanol–water partition coefficient (Wildman–Crippen LogP) is 5.24. The molecule has 3 heteroatoms. The Bertz CT molecular complexity index is 1310. The quantitative estimate of drug-likeness (QED) is 0.391. The third kappa shape index (κ3) is 2.00. The lowest BCUT2D eigenvalue weighted by Crippen LogP contribution is -2.31. The molecule has 0 spiro atoms. The van der Waals surface area contributed by atoms with Gasteiger partial charge in [-0.05, 0) is 52.9 Å². The zero-order valence-corrected chi connectivity index (χ0v) is 15.1. The molecule has 0 atom stereocenters. The molecule has 126 valence electrons. The van der Waals surface area contributed by atoms with Crippen LogP contribution in [-0.4, -0.2) is 4.98 Å². The van der Waals surface area contributed by atoms with E-state index in [4.69, 9.17) is 4.42 Å². The van der Waals surface area contributed by atoms with Gasteiger partial charge in [-0.2, -0.15) is 0 Å². The first-order chi connectivity index (χ1) is 12.6. The monoisotopic (exact) mass is 339 g/mol. The van der Waals surface area contributed by atoms with Crippen LogP contribution >= 0.6 is 0 Å². The van der Waals surface area contributed by atoms with Gasteiger partial charge in [-0.1, -0.05) is 30.3 Å². The highest BCUT2D eigenvalue weighted by molar-refractivity contribution is 6.20. The summed E-state index contributed by atoms with van der Waals surface area (Å²) in [5, 5.41) is 4.79. The van der Waals surface area contributed by atoms with Crippen LogP contribution in [-0.2, 0) is 7.05 Å². The number of rotatable bonds is 1. The highest BCUT2D eigenvalue weighted by Crippen LogP contribution is 2.40. The summed E-state index contributed by atoms with van der Waals surface area (Å²) in [5.74, 6) is 0.919. The van der Waals surface area contributed by atoms with Crippen LogP contribution in [0.2, 0.25) is 0 Å². The lowest BCUT2D eigenvalue weighted by atomic mass is 9.96. The normalized spacial score (nSPS) is 11.7. The number of nitrogens with zero attached hydrogens (tertiary/aromatic N) is 2. The number of benzene rings is 3. The van der Waals surface area contributed by atoms with Crippen molar-refractivity contribution in [3.8, 4) is 11.4 Å². The molecule has 0 saturated carbocycles. The van der Waals surface area contributed by atoms with Gasteiger partial charge in [0.15, 0.2) is 5.58 Å². The maximum absolute atomic E-state index is 6.38. The summed E-state index contributed by atoms with van der Waals surface area (Å²) in [7, 11) is 2.02. The minimum Gasteiger partial charge on any atom is -0.455 e. The van der Waals surface area contributed by atoms with Gasteiger partial charge in [0.2, 0.25) is 0 Å². The summed E-state index contributed by atoms with van der Waals surface area (Å²) in [6.45, 7) is 4.30. The van der Waals surface area contributed by atoms with Crippen LogP contribution in [0.25, 0.3) is 44.1 Å². The molecule has 0 unspecified atom stereocenters. The van der Waals surface area contributed by atoms with Gasteiger partial charge in [-0.25, -0.2) is 4.57 Å². The molecule has 0 saturated heterocycles. The summed E-state index contributed by atoms with van der Waals surface area (Å²) >= 11 is 0. The molecule has 2 aromatic heterocycles. The van der Waals surface area contributed by atoms with Crippen molar-refractivity contribution in [2.24, 2.45) is 7.05 Å². The Balaban J connectivity index is 2.02. The van der Waals surface area contributed by atoms with Crippen molar-refractivity contribution < 1.29 is 8.98 Å². The third-order valence-corrected chi connectivity index (χ3v) is 5.32. The van der Waals surface area contributed by atoms with Gasteiger partial charge in [0.25, 0.3) is 0 Å². The van der Waals surface area contributed by atoms with Crippen molar-refractivity contribution in [3.63, 3.8) is 0 Å². The van der Waals surface area contributed by atoms with E-state index >= 15 is 0 Å². The first kappa shape index (κ1) is 15.1. The van der Waals surface area contributed by atoms with Gasteiger partial charge >= 0.3 is 5.82 Å². The topological polar surface area (TPSA) is 29.9 Å². The van der Waals surface area contributed by atoms with E-state index in [1.54, 1.807) is 0 Å². The van der Waals surface area contributed by atoms with Crippen molar-refractivity contribution in [1.29, 1.82) is 0 Å². The number of fused-ring (bicyclic) bond motifs is 5. The standard InChI is InChI=1S/C23H19N2O/c1-14-13-18-21-17-8-5-4-7-16(17)9-10-19(21)26-22(18)20(15(14)2)23-24-11-6-12-25(23)3/h4-13H,1-3H3/q+1. The van der Waals surface area contributed by atoms with Gasteiger partial charge in [0, 0.05) is 16.8 Å². The van der Waals surface area contributed by atoms with Crippen LogP contribution in [0.5, 0.6) is 0 Å². The van der Waals surface area contributed by atoms with Gasteiger partial charge in [-0.15, -0.1) is 0 Å². The molecule has 0 bridgehead atoms. The van der Waals surface area contributed by atoms with Gasteiger partial charge in [-0.3, -0.25) is 0 Å². The SMILES string of the molecule is Cc1cc2c(oc3ccc4ccccc4c32)c(-c2nccc[n+]2C)c1C. The van der Waals surface area contributed by atoms with E-state index in [0.29, 0.717) is 0 Å². The lowest BCUT2D eigenvalue weighted by Gasteiger charge is -2.07. The Morgan fingerprint density at radius 2 is 1.81 bits per heavy atom. The van der Waals surface area contributed by atoms with E-state index in [2.05, 4.69) is 61.3 Å². The molecule has 26 heavy (non-hydrogen) atoms. The summed E-state index contributed by atoms with van der Waals surface area (Å²) in [4.78, 5) is 4.64. The highest BCUT2D eigenvalue weighted by Gasteiger charge is 2.24. The zero-order valence-electron chi connectivity index (χ0n) is 15.1. The van der Waals surface area contributed by atoms with E-state index in [9.17, 15) is 0 Å². The number of furan rings is 1. The number of aryl methyl sites for hydroxylation is 2. The van der Waals surface area contributed by atoms with E-state index in [1.165, 1.54) is 27.3 Å². The average Bonchev–Trinajstić information content (AvgIpc) is 3.02. The van der Waals surface area contributed by atoms with E-state index in [-0.39, 0.29) is 0 Å². The lowest BCUT2D eigenvalue weighted by molar-refractivity contribution is -0.663. The predicted molar refractivity (Wildman–Crippen MR) is 105 cm³/mol. The zero-order chi connectivity index (χ0) is 17.8. The molecule has 0 N–H and O–H groups in total. The van der Waals surface area contributed by atoms with E-state index in [0.717, 1.165) is 27.9 Å². The van der Waals surface area contributed by atoms with Gasteiger partial charge in [0.05, 0.1) is 13.2 Å².